The first-order valence-corrected chi connectivity index (χ1v) is 10.5. The van der Waals surface area contributed by atoms with Gasteiger partial charge in [0.05, 0.1) is 24.8 Å². The van der Waals surface area contributed by atoms with Crippen LogP contribution < -0.4 is 15.0 Å². The molecule has 0 spiro atoms. The molecule has 8 nitrogen and oxygen atoms in total. The largest absolute Gasteiger partial charge is 0.487 e. The number of carbonyl (C=O) groups excluding carboxylic acids is 2. The van der Waals surface area contributed by atoms with Gasteiger partial charge in [-0.3, -0.25) is 4.79 Å². The molecule has 3 unspecified atom stereocenters. The summed E-state index contributed by atoms with van der Waals surface area (Å²) < 4.78 is 6.29. The zero-order valence-corrected chi connectivity index (χ0v) is 19.2. The second-order valence-electron chi connectivity index (χ2n) is 8.68. The average molecular weight is 421 g/mol. The van der Waals surface area contributed by atoms with E-state index in [4.69, 9.17) is 4.74 Å². The Balaban J connectivity index is 2.40. The lowest BCUT2D eigenvalue weighted by molar-refractivity contribution is 0.0366. The van der Waals surface area contributed by atoms with Gasteiger partial charge in [-0.25, -0.2) is 4.79 Å². The van der Waals surface area contributed by atoms with Crippen LogP contribution in [0.15, 0.2) is 18.2 Å². The number of nitrogens with one attached hydrogen (secondary N) is 1. The van der Waals surface area contributed by atoms with Crippen molar-refractivity contribution in [1.29, 1.82) is 0 Å². The van der Waals surface area contributed by atoms with E-state index in [0.717, 1.165) is 5.69 Å². The minimum Gasteiger partial charge on any atom is -0.487 e. The highest BCUT2D eigenvalue weighted by Crippen LogP contribution is 2.31. The number of rotatable bonds is 6. The highest BCUT2D eigenvalue weighted by Gasteiger charge is 2.34. The molecule has 0 saturated carbocycles. The minimum absolute atomic E-state index is 0.0410. The van der Waals surface area contributed by atoms with Gasteiger partial charge in [-0.2, -0.15) is 0 Å². The molecule has 2 rings (SSSR count). The lowest BCUT2D eigenvalue weighted by Crippen LogP contribution is -2.51. The minimum atomic E-state index is -0.323. The third-order valence-electron chi connectivity index (χ3n) is 5.38. The fourth-order valence-corrected chi connectivity index (χ4v) is 3.42. The van der Waals surface area contributed by atoms with Crippen LogP contribution in [0.25, 0.3) is 0 Å². The molecule has 1 aliphatic rings. The molecule has 0 aromatic heterocycles. The van der Waals surface area contributed by atoms with Gasteiger partial charge in [0, 0.05) is 45.3 Å². The molecule has 1 aromatic rings. The van der Waals surface area contributed by atoms with Crippen molar-refractivity contribution in [3.63, 3.8) is 0 Å². The van der Waals surface area contributed by atoms with Gasteiger partial charge in [-0.05, 0) is 39.0 Å². The Morgan fingerprint density at radius 2 is 1.97 bits per heavy atom. The van der Waals surface area contributed by atoms with Crippen LogP contribution in [0.3, 0.4) is 0 Å². The van der Waals surface area contributed by atoms with Crippen LogP contribution in [0, 0.1) is 5.92 Å². The number of nitrogens with zero attached hydrogens (tertiary/aromatic N) is 3. The van der Waals surface area contributed by atoms with Gasteiger partial charge in [0.15, 0.2) is 0 Å². The van der Waals surface area contributed by atoms with E-state index in [2.05, 4.69) is 5.32 Å². The molecule has 0 saturated heterocycles. The molecule has 0 fully saturated rings. The number of amides is 3. The predicted molar refractivity (Wildman–Crippen MR) is 118 cm³/mol. The van der Waals surface area contributed by atoms with Gasteiger partial charge < -0.3 is 29.9 Å². The molecular formula is C22H36N4O4. The summed E-state index contributed by atoms with van der Waals surface area (Å²) in [4.78, 5) is 30.9. The number of carbonyl (C=O) groups is 2. The summed E-state index contributed by atoms with van der Waals surface area (Å²) in [6.45, 7) is 8.35. The van der Waals surface area contributed by atoms with Crippen molar-refractivity contribution in [2.24, 2.45) is 5.92 Å². The molecule has 0 bridgehead atoms. The molecule has 8 heteroatoms. The smallest absolute Gasteiger partial charge is 0.317 e. The topological polar surface area (TPSA) is 85.4 Å². The third kappa shape index (κ3) is 5.56. The lowest BCUT2D eigenvalue weighted by atomic mass is 9.99. The molecule has 30 heavy (non-hydrogen) atoms. The van der Waals surface area contributed by atoms with E-state index in [1.165, 1.54) is 0 Å². The van der Waals surface area contributed by atoms with Crippen LogP contribution in [-0.4, -0.2) is 85.9 Å². The number of hydrogen-bond acceptors (Lipinski definition) is 5. The number of anilines is 1. The predicted octanol–water partition coefficient (Wildman–Crippen LogP) is 2.02. The summed E-state index contributed by atoms with van der Waals surface area (Å²) in [6, 6.07) is 5.09. The highest BCUT2D eigenvalue weighted by atomic mass is 16.5. The van der Waals surface area contributed by atoms with Crippen LogP contribution in [0.4, 0.5) is 10.5 Å². The lowest BCUT2D eigenvalue weighted by Gasteiger charge is -2.38. The van der Waals surface area contributed by atoms with Gasteiger partial charge in [0.25, 0.3) is 5.91 Å². The van der Waals surface area contributed by atoms with E-state index in [0.29, 0.717) is 24.4 Å². The molecule has 3 atom stereocenters. The fourth-order valence-electron chi connectivity index (χ4n) is 3.42. The second kappa shape index (κ2) is 10.0. The summed E-state index contributed by atoms with van der Waals surface area (Å²) in [7, 11) is 5.57. The SMILES string of the molecule is CC(C)NC(=O)N(C)CC1Oc2ccc(N(C)C)cc2C(=O)N(C(C)CO)CC1C. The zero-order chi connectivity index (χ0) is 22.6. The molecule has 3 amide bonds. The normalized spacial score (nSPS) is 20.0. The number of benzene rings is 1. The maximum atomic E-state index is 13.3. The summed E-state index contributed by atoms with van der Waals surface area (Å²) in [5.74, 6) is 0.292. The Hall–Kier alpha value is -2.48. The molecule has 1 heterocycles. The van der Waals surface area contributed by atoms with Crippen molar-refractivity contribution >= 4 is 17.6 Å². The van der Waals surface area contributed by atoms with Crippen LogP contribution in [0.5, 0.6) is 5.75 Å². The van der Waals surface area contributed by atoms with Crippen molar-refractivity contribution in [3.8, 4) is 5.75 Å². The Bertz CT molecular complexity index is 753. The zero-order valence-electron chi connectivity index (χ0n) is 19.2. The van der Waals surface area contributed by atoms with E-state index in [9.17, 15) is 14.7 Å². The first kappa shape index (κ1) is 23.8. The van der Waals surface area contributed by atoms with E-state index in [-0.39, 0.29) is 42.7 Å². The number of urea groups is 1. The Morgan fingerprint density at radius 3 is 2.53 bits per heavy atom. The van der Waals surface area contributed by atoms with Gasteiger partial charge in [-0.1, -0.05) is 6.92 Å². The van der Waals surface area contributed by atoms with Crippen molar-refractivity contribution in [3.05, 3.63) is 23.8 Å². The number of likely N-dealkylation sites (N-methyl/N-ethyl adjacent to an activating group) is 1. The van der Waals surface area contributed by atoms with Crippen LogP contribution in [-0.2, 0) is 0 Å². The summed E-state index contributed by atoms with van der Waals surface area (Å²) in [6.07, 6.45) is -0.307. The van der Waals surface area contributed by atoms with Gasteiger partial charge in [0.1, 0.15) is 11.9 Å². The van der Waals surface area contributed by atoms with E-state index in [1.54, 1.807) is 16.8 Å². The maximum Gasteiger partial charge on any atom is 0.317 e. The third-order valence-corrected chi connectivity index (χ3v) is 5.38. The molecule has 2 N–H and O–H groups in total. The second-order valence-corrected chi connectivity index (χ2v) is 8.68. The van der Waals surface area contributed by atoms with E-state index >= 15 is 0 Å². The Morgan fingerprint density at radius 1 is 1.30 bits per heavy atom. The van der Waals surface area contributed by atoms with Gasteiger partial charge in [-0.15, -0.1) is 0 Å². The quantitative estimate of drug-likeness (QED) is 0.736. The van der Waals surface area contributed by atoms with Crippen LogP contribution in [0.2, 0.25) is 0 Å². The summed E-state index contributed by atoms with van der Waals surface area (Å²) in [5, 5.41) is 12.6. The van der Waals surface area contributed by atoms with Crippen LogP contribution >= 0.6 is 0 Å². The van der Waals surface area contributed by atoms with E-state index < -0.39 is 0 Å². The number of fused-ring (bicyclic) bond motifs is 1. The monoisotopic (exact) mass is 420 g/mol. The molecule has 0 aliphatic carbocycles. The number of aliphatic hydroxyl groups is 1. The molecule has 1 aromatic carbocycles. The maximum absolute atomic E-state index is 13.3. The molecular weight excluding hydrogens is 384 g/mol. The van der Waals surface area contributed by atoms with Crippen molar-refractivity contribution in [1.82, 2.24) is 15.1 Å². The number of hydrogen-bond donors (Lipinski definition) is 2. The first-order valence-electron chi connectivity index (χ1n) is 10.5. The number of aliphatic hydroxyl groups excluding tert-OH is 1. The Kier molecular flexibility index (Phi) is 7.95. The fraction of sp³-hybridized carbons (Fsp3) is 0.636. The summed E-state index contributed by atoms with van der Waals surface area (Å²) in [5.41, 5.74) is 1.36. The van der Waals surface area contributed by atoms with Gasteiger partial charge >= 0.3 is 6.03 Å². The molecule has 1 aliphatic heterocycles. The average Bonchev–Trinajstić information content (AvgIpc) is 2.68. The van der Waals surface area contributed by atoms with Crippen molar-refractivity contribution < 1.29 is 19.4 Å². The first-order chi connectivity index (χ1) is 14.0. The van der Waals surface area contributed by atoms with Crippen LogP contribution in [0.1, 0.15) is 38.1 Å². The summed E-state index contributed by atoms with van der Waals surface area (Å²) >= 11 is 0. The highest BCUT2D eigenvalue weighted by molar-refractivity contribution is 5.98. The number of ether oxygens (including phenoxy) is 1. The van der Waals surface area contributed by atoms with E-state index in [1.807, 2.05) is 64.9 Å². The standard InChI is InChI=1S/C22H36N4O4/c1-14(2)23-22(29)25(7)12-20-15(3)11-26(16(4)13-27)21(28)18-10-17(24(5)6)8-9-19(18)30-20/h8-10,14-16,20,27H,11-13H2,1-7H3,(H,23,29). The molecule has 0 radical (unpaired) electrons. The van der Waals surface area contributed by atoms with Crippen molar-refractivity contribution in [2.45, 2.75) is 45.9 Å². The molecule has 168 valence electrons. The van der Waals surface area contributed by atoms with Crippen molar-refractivity contribution in [2.75, 3.05) is 45.7 Å². The van der Waals surface area contributed by atoms with Gasteiger partial charge in [0.2, 0.25) is 0 Å². The Labute approximate surface area is 179 Å².